The van der Waals surface area contributed by atoms with Crippen LogP contribution in [0, 0.1) is 5.92 Å². The van der Waals surface area contributed by atoms with E-state index in [-0.39, 0.29) is 6.04 Å². The predicted octanol–water partition coefficient (Wildman–Crippen LogP) is 2.53. The molecule has 0 aliphatic heterocycles. The molecule has 0 spiro atoms. The van der Waals surface area contributed by atoms with Crippen LogP contribution >= 0.6 is 0 Å². The normalized spacial score (nSPS) is 12.9. The molecule has 0 aromatic carbocycles. The fourth-order valence-corrected chi connectivity index (χ4v) is 1.85. The first-order chi connectivity index (χ1) is 7.24. The zero-order valence-corrected chi connectivity index (χ0v) is 9.73. The average Bonchev–Trinajstić information content (AvgIpc) is 2.30. The summed E-state index contributed by atoms with van der Waals surface area (Å²) in [6.45, 7) is 4.31. The standard InChI is InChI=1S/C12H20N2O/c1-4-9(5-2)11(13)12-10(15-3)7-6-8-14-12/h6-9,11H,4-5,13H2,1-3H3. The van der Waals surface area contributed by atoms with Crippen LogP contribution in [0.25, 0.3) is 0 Å². The highest BCUT2D eigenvalue weighted by molar-refractivity contribution is 5.29. The molecule has 0 fully saturated rings. The number of hydrogen-bond donors (Lipinski definition) is 1. The molecule has 0 bridgehead atoms. The minimum absolute atomic E-state index is 0.0313. The van der Waals surface area contributed by atoms with Gasteiger partial charge in [0.25, 0.3) is 0 Å². The van der Waals surface area contributed by atoms with Crippen LogP contribution in [0.5, 0.6) is 5.75 Å². The topological polar surface area (TPSA) is 48.1 Å². The number of hydrogen-bond acceptors (Lipinski definition) is 3. The Hall–Kier alpha value is -1.09. The van der Waals surface area contributed by atoms with Gasteiger partial charge >= 0.3 is 0 Å². The minimum Gasteiger partial charge on any atom is -0.495 e. The lowest BCUT2D eigenvalue weighted by atomic mass is 9.92. The maximum absolute atomic E-state index is 6.19. The molecule has 3 nitrogen and oxygen atoms in total. The lowest BCUT2D eigenvalue weighted by Gasteiger charge is -2.22. The molecule has 1 rings (SSSR count). The van der Waals surface area contributed by atoms with E-state index in [1.807, 2.05) is 12.1 Å². The SMILES string of the molecule is CCC(CC)C(N)c1ncccc1OC. The van der Waals surface area contributed by atoms with Crippen molar-refractivity contribution >= 4 is 0 Å². The highest BCUT2D eigenvalue weighted by Gasteiger charge is 2.20. The summed E-state index contributed by atoms with van der Waals surface area (Å²) < 4.78 is 5.26. The van der Waals surface area contributed by atoms with Gasteiger partial charge in [-0.3, -0.25) is 4.98 Å². The van der Waals surface area contributed by atoms with Gasteiger partial charge in [-0.25, -0.2) is 0 Å². The molecule has 15 heavy (non-hydrogen) atoms. The van der Waals surface area contributed by atoms with Crippen molar-refractivity contribution in [3.63, 3.8) is 0 Å². The van der Waals surface area contributed by atoms with Crippen molar-refractivity contribution in [2.24, 2.45) is 11.7 Å². The minimum atomic E-state index is -0.0313. The van der Waals surface area contributed by atoms with E-state index < -0.39 is 0 Å². The first kappa shape index (κ1) is 12.0. The number of ether oxygens (including phenoxy) is 1. The molecule has 0 radical (unpaired) electrons. The van der Waals surface area contributed by atoms with Crippen LogP contribution in [-0.2, 0) is 0 Å². The van der Waals surface area contributed by atoms with Crippen LogP contribution in [0.4, 0.5) is 0 Å². The summed E-state index contributed by atoms with van der Waals surface area (Å²) in [4.78, 5) is 4.32. The Morgan fingerprint density at radius 1 is 1.40 bits per heavy atom. The molecule has 0 amide bonds. The molecule has 0 saturated heterocycles. The van der Waals surface area contributed by atoms with Gasteiger partial charge in [-0.15, -0.1) is 0 Å². The molecule has 1 aromatic heterocycles. The molecular formula is C12H20N2O. The van der Waals surface area contributed by atoms with Crippen molar-refractivity contribution in [3.8, 4) is 5.75 Å². The second-order valence-electron chi connectivity index (χ2n) is 3.69. The number of methoxy groups -OCH3 is 1. The van der Waals surface area contributed by atoms with Crippen LogP contribution < -0.4 is 10.5 Å². The molecule has 0 aliphatic carbocycles. The van der Waals surface area contributed by atoms with Gasteiger partial charge < -0.3 is 10.5 Å². The van der Waals surface area contributed by atoms with Gasteiger partial charge in [-0.2, -0.15) is 0 Å². The Balaban J connectivity index is 2.93. The van der Waals surface area contributed by atoms with E-state index in [1.165, 1.54) is 0 Å². The molecule has 3 heteroatoms. The van der Waals surface area contributed by atoms with Gasteiger partial charge in [-0.1, -0.05) is 26.7 Å². The second-order valence-corrected chi connectivity index (χ2v) is 3.69. The molecule has 1 aromatic rings. The van der Waals surface area contributed by atoms with Gasteiger partial charge in [0, 0.05) is 6.20 Å². The van der Waals surface area contributed by atoms with Crippen LogP contribution in [0.1, 0.15) is 38.4 Å². The fourth-order valence-electron chi connectivity index (χ4n) is 1.85. The molecule has 0 aliphatic rings. The van der Waals surface area contributed by atoms with E-state index in [0.29, 0.717) is 5.92 Å². The van der Waals surface area contributed by atoms with E-state index in [9.17, 15) is 0 Å². The van der Waals surface area contributed by atoms with Gasteiger partial charge in [-0.05, 0) is 18.1 Å². The monoisotopic (exact) mass is 208 g/mol. The first-order valence-electron chi connectivity index (χ1n) is 5.49. The largest absolute Gasteiger partial charge is 0.495 e. The Bertz CT molecular complexity index is 297. The lowest BCUT2D eigenvalue weighted by Crippen LogP contribution is -2.22. The fraction of sp³-hybridized carbons (Fsp3) is 0.583. The third kappa shape index (κ3) is 2.69. The molecule has 84 valence electrons. The smallest absolute Gasteiger partial charge is 0.141 e. The highest BCUT2D eigenvalue weighted by atomic mass is 16.5. The molecule has 0 saturated carbocycles. The third-order valence-corrected chi connectivity index (χ3v) is 2.89. The summed E-state index contributed by atoms with van der Waals surface area (Å²) in [6, 6.07) is 3.74. The van der Waals surface area contributed by atoms with Crippen molar-refractivity contribution < 1.29 is 4.74 Å². The maximum atomic E-state index is 6.19. The van der Waals surface area contributed by atoms with Gasteiger partial charge in [0.05, 0.1) is 18.8 Å². The predicted molar refractivity (Wildman–Crippen MR) is 61.8 cm³/mol. The van der Waals surface area contributed by atoms with Crippen molar-refractivity contribution in [3.05, 3.63) is 24.0 Å². The number of nitrogens with zero attached hydrogens (tertiary/aromatic N) is 1. The van der Waals surface area contributed by atoms with Crippen LogP contribution in [-0.4, -0.2) is 12.1 Å². The molecule has 2 N–H and O–H groups in total. The Morgan fingerprint density at radius 2 is 2.07 bits per heavy atom. The van der Waals surface area contributed by atoms with Gasteiger partial charge in [0.2, 0.25) is 0 Å². The summed E-state index contributed by atoms with van der Waals surface area (Å²) in [7, 11) is 1.65. The average molecular weight is 208 g/mol. The summed E-state index contributed by atoms with van der Waals surface area (Å²) >= 11 is 0. The first-order valence-corrected chi connectivity index (χ1v) is 5.49. The van der Waals surface area contributed by atoms with Gasteiger partial charge in [0.15, 0.2) is 0 Å². The Labute approximate surface area is 91.7 Å². The number of nitrogens with two attached hydrogens (primary N) is 1. The molecular weight excluding hydrogens is 188 g/mol. The van der Waals surface area contributed by atoms with E-state index >= 15 is 0 Å². The van der Waals surface area contributed by atoms with Crippen LogP contribution in [0.3, 0.4) is 0 Å². The van der Waals surface area contributed by atoms with Crippen molar-refractivity contribution in [1.29, 1.82) is 0 Å². The highest BCUT2D eigenvalue weighted by Crippen LogP contribution is 2.29. The number of aromatic nitrogens is 1. The summed E-state index contributed by atoms with van der Waals surface area (Å²) in [5.41, 5.74) is 7.06. The molecule has 1 unspecified atom stereocenters. The van der Waals surface area contributed by atoms with Crippen LogP contribution in [0.15, 0.2) is 18.3 Å². The summed E-state index contributed by atoms with van der Waals surface area (Å²) in [5.74, 6) is 1.26. The van der Waals surface area contributed by atoms with Gasteiger partial charge in [0.1, 0.15) is 5.75 Å². The summed E-state index contributed by atoms with van der Waals surface area (Å²) in [5, 5.41) is 0. The number of rotatable bonds is 5. The third-order valence-electron chi connectivity index (χ3n) is 2.89. The van der Waals surface area contributed by atoms with Crippen molar-refractivity contribution in [2.45, 2.75) is 32.7 Å². The Morgan fingerprint density at radius 3 is 2.60 bits per heavy atom. The Kier molecular flexibility index (Phi) is 4.56. The van der Waals surface area contributed by atoms with E-state index in [0.717, 1.165) is 24.3 Å². The van der Waals surface area contributed by atoms with E-state index in [2.05, 4.69) is 18.8 Å². The second kappa shape index (κ2) is 5.71. The zero-order valence-electron chi connectivity index (χ0n) is 9.73. The maximum Gasteiger partial charge on any atom is 0.141 e. The molecule has 1 atom stereocenters. The van der Waals surface area contributed by atoms with Crippen LogP contribution in [0.2, 0.25) is 0 Å². The van der Waals surface area contributed by atoms with Crippen molar-refractivity contribution in [1.82, 2.24) is 4.98 Å². The lowest BCUT2D eigenvalue weighted by molar-refractivity contribution is 0.364. The van der Waals surface area contributed by atoms with E-state index in [4.69, 9.17) is 10.5 Å². The van der Waals surface area contributed by atoms with E-state index in [1.54, 1.807) is 13.3 Å². The molecule has 1 heterocycles. The summed E-state index contributed by atoms with van der Waals surface area (Å²) in [6.07, 6.45) is 3.90. The number of pyridine rings is 1. The zero-order chi connectivity index (χ0) is 11.3. The van der Waals surface area contributed by atoms with Crippen molar-refractivity contribution in [2.75, 3.05) is 7.11 Å². The quantitative estimate of drug-likeness (QED) is 0.808.